The van der Waals surface area contributed by atoms with Crippen LogP contribution in [0.2, 0.25) is 0 Å². The van der Waals surface area contributed by atoms with Crippen molar-refractivity contribution in [3.05, 3.63) is 44.8 Å². The first-order valence-corrected chi connectivity index (χ1v) is 11.7. The summed E-state index contributed by atoms with van der Waals surface area (Å²) in [5.74, 6) is -0.794. The topological polar surface area (TPSA) is 93.7 Å². The predicted molar refractivity (Wildman–Crippen MR) is 122 cm³/mol. The Morgan fingerprint density at radius 2 is 1.23 bits per heavy atom. The molecule has 0 aliphatic rings. The van der Waals surface area contributed by atoms with Crippen molar-refractivity contribution in [1.82, 2.24) is 10.6 Å². The van der Waals surface area contributed by atoms with Gasteiger partial charge < -0.3 is 24.9 Å². The van der Waals surface area contributed by atoms with Gasteiger partial charge in [0.25, 0.3) is 0 Å². The molecule has 0 spiro atoms. The molecule has 2 rings (SSSR count). The van der Waals surface area contributed by atoms with Gasteiger partial charge in [-0.2, -0.15) is 0 Å². The van der Waals surface area contributed by atoms with Crippen molar-refractivity contribution in [1.29, 1.82) is 0 Å². The van der Waals surface area contributed by atoms with E-state index in [4.69, 9.17) is 9.47 Å². The Kier molecular flexibility index (Phi) is 8.25. The third kappa shape index (κ3) is 7.99. The summed E-state index contributed by atoms with van der Waals surface area (Å²) in [5, 5.41) is 9.37. The molecule has 0 saturated heterocycles. The highest BCUT2D eigenvalue weighted by Crippen LogP contribution is 2.36. The van der Waals surface area contributed by atoms with E-state index in [1.807, 2.05) is 35.0 Å². The summed E-state index contributed by atoms with van der Waals surface area (Å²) < 4.78 is 10.8. The molecule has 0 aliphatic carbocycles. The van der Waals surface area contributed by atoms with Crippen molar-refractivity contribution in [2.24, 2.45) is 5.92 Å². The van der Waals surface area contributed by atoms with Crippen LogP contribution >= 0.6 is 22.7 Å². The average molecular weight is 467 g/mol. The maximum atomic E-state index is 12.5. The Morgan fingerprint density at radius 1 is 0.839 bits per heavy atom. The largest absolute Gasteiger partial charge is 0.444 e. The Balaban J connectivity index is 2.37. The SMILES string of the molecule is CC(C)(C)OC(=O)N[C@H](c1cccs1)C(C=O)[C@H](NC(=O)OC(C)(C)C)c1cccs1. The molecule has 2 atom stereocenters. The molecule has 0 aliphatic heterocycles. The Hall–Kier alpha value is -2.39. The van der Waals surface area contributed by atoms with Gasteiger partial charge in [0.1, 0.15) is 17.5 Å². The van der Waals surface area contributed by atoms with E-state index in [0.29, 0.717) is 0 Å². The minimum atomic E-state index is -0.794. The lowest BCUT2D eigenvalue weighted by molar-refractivity contribution is -0.112. The van der Waals surface area contributed by atoms with Crippen molar-refractivity contribution in [3.63, 3.8) is 0 Å². The lowest BCUT2D eigenvalue weighted by atomic mass is 9.90. The van der Waals surface area contributed by atoms with Crippen LogP contribution < -0.4 is 10.6 Å². The summed E-state index contributed by atoms with van der Waals surface area (Å²) in [6.07, 6.45) is -0.524. The van der Waals surface area contributed by atoms with E-state index in [2.05, 4.69) is 10.6 Å². The molecule has 0 aromatic carbocycles. The summed E-state index contributed by atoms with van der Waals surface area (Å²) in [6, 6.07) is 5.95. The van der Waals surface area contributed by atoms with E-state index in [0.717, 1.165) is 16.0 Å². The number of alkyl carbamates (subject to hydrolysis) is 2. The Morgan fingerprint density at radius 3 is 1.48 bits per heavy atom. The second-order valence-corrected chi connectivity index (χ2v) is 11.0. The number of aldehydes is 1. The van der Waals surface area contributed by atoms with Crippen LogP contribution in [0.25, 0.3) is 0 Å². The van der Waals surface area contributed by atoms with Gasteiger partial charge in [0, 0.05) is 9.75 Å². The molecule has 0 fully saturated rings. The Labute approximate surface area is 191 Å². The fourth-order valence-corrected chi connectivity index (χ4v) is 4.54. The zero-order chi connectivity index (χ0) is 23.2. The van der Waals surface area contributed by atoms with Crippen LogP contribution in [0.4, 0.5) is 9.59 Å². The summed E-state index contributed by atoms with van der Waals surface area (Å²) in [4.78, 5) is 39.0. The molecule has 0 bridgehead atoms. The zero-order valence-corrected chi connectivity index (χ0v) is 20.3. The van der Waals surface area contributed by atoms with Crippen LogP contribution in [-0.4, -0.2) is 29.7 Å². The van der Waals surface area contributed by atoms with Gasteiger partial charge in [-0.3, -0.25) is 0 Å². The summed E-state index contributed by atoms with van der Waals surface area (Å²) in [5.41, 5.74) is -1.38. The molecule has 170 valence electrons. The first-order chi connectivity index (χ1) is 14.4. The minimum Gasteiger partial charge on any atom is -0.444 e. The van der Waals surface area contributed by atoms with E-state index < -0.39 is 41.4 Å². The van der Waals surface area contributed by atoms with Crippen LogP contribution in [0.15, 0.2) is 35.0 Å². The van der Waals surface area contributed by atoms with Crippen LogP contribution in [-0.2, 0) is 14.3 Å². The molecule has 0 radical (unpaired) electrons. The molecule has 2 heterocycles. The summed E-state index contributed by atoms with van der Waals surface area (Å²) >= 11 is 2.82. The fourth-order valence-electron chi connectivity index (χ4n) is 2.87. The van der Waals surface area contributed by atoms with E-state index in [1.54, 1.807) is 41.5 Å². The first kappa shape index (κ1) is 24.9. The minimum absolute atomic E-state index is 0.639. The van der Waals surface area contributed by atoms with Gasteiger partial charge in [0.2, 0.25) is 0 Å². The molecule has 2 N–H and O–H groups in total. The molecule has 2 amide bonds. The van der Waals surface area contributed by atoms with Crippen LogP contribution in [0.5, 0.6) is 0 Å². The zero-order valence-electron chi connectivity index (χ0n) is 18.6. The van der Waals surface area contributed by atoms with Gasteiger partial charge in [0.15, 0.2) is 0 Å². The molecule has 2 aromatic heterocycles. The van der Waals surface area contributed by atoms with Gasteiger partial charge in [-0.05, 0) is 64.4 Å². The third-order valence-electron chi connectivity index (χ3n) is 3.97. The number of hydrogen-bond acceptors (Lipinski definition) is 7. The standard InChI is InChI=1S/C22H30N2O5S2/c1-21(2,3)28-19(26)23-17(15-9-7-11-30-15)14(13-25)18(16-10-8-12-31-16)24-20(27)29-22(4,5)6/h7-14,17-18H,1-6H3,(H,23,26)(H,24,27)/t17-,18-/m0/s1. The number of carbonyl (C=O) groups is 3. The number of ether oxygens (including phenoxy) is 2. The first-order valence-electron chi connectivity index (χ1n) is 9.91. The van der Waals surface area contributed by atoms with Crippen LogP contribution in [0.3, 0.4) is 0 Å². The van der Waals surface area contributed by atoms with Crippen molar-refractivity contribution in [3.8, 4) is 0 Å². The molecule has 2 aromatic rings. The average Bonchev–Trinajstić information content (AvgIpc) is 3.31. The lowest BCUT2D eigenvalue weighted by Gasteiger charge is -2.31. The predicted octanol–water partition coefficient (Wildman–Crippen LogP) is 5.46. The van der Waals surface area contributed by atoms with Crippen LogP contribution in [0, 0.1) is 5.92 Å². The number of thiophene rings is 2. The second kappa shape index (κ2) is 10.3. The van der Waals surface area contributed by atoms with E-state index in [9.17, 15) is 14.4 Å². The third-order valence-corrected chi connectivity index (χ3v) is 5.88. The second-order valence-electron chi connectivity index (χ2n) is 8.99. The van der Waals surface area contributed by atoms with E-state index in [1.165, 1.54) is 22.7 Å². The van der Waals surface area contributed by atoms with Gasteiger partial charge in [-0.1, -0.05) is 12.1 Å². The van der Waals surface area contributed by atoms with E-state index >= 15 is 0 Å². The quantitative estimate of drug-likeness (QED) is 0.529. The van der Waals surface area contributed by atoms with Gasteiger partial charge in [-0.25, -0.2) is 9.59 Å². The monoisotopic (exact) mass is 466 g/mol. The number of hydrogen-bond donors (Lipinski definition) is 2. The van der Waals surface area contributed by atoms with Gasteiger partial charge >= 0.3 is 12.2 Å². The van der Waals surface area contributed by atoms with Crippen molar-refractivity contribution >= 4 is 41.1 Å². The maximum absolute atomic E-state index is 12.5. The summed E-state index contributed by atoms with van der Waals surface area (Å²) in [7, 11) is 0. The molecule has 0 saturated carbocycles. The lowest BCUT2D eigenvalue weighted by Crippen LogP contribution is -2.44. The van der Waals surface area contributed by atoms with Gasteiger partial charge in [-0.15, -0.1) is 22.7 Å². The summed E-state index contributed by atoms with van der Waals surface area (Å²) in [6.45, 7) is 10.6. The molecular formula is C22H30N2O5S2. The number of rotatable bonds is 7. The van der Waals surface area contributed by atoms with Gasteiger partial charge in [0.05, 0.1) is 18.0 Å². The van der Waals surface area contributed by atoms with Crippen molar-refractivity contribution < 1.29 is 23.9 Å². The number of nitrogens with one attached hydrogen (secondary N) is 2. The van der Waals surface area contributed by atoms with Crippen molar-refractivity contribution in [2.45, 2.75) is 64.8 Å². The normalized spacial score (nSPS) is 13.9. The number of carbonyl (C=O) groups excluding carboxylic acids is 3. The smallest absolute Gasteiger partial charge is 0.408 e. The molecule has 0 unspecified atom stereocenters. The molecular weight excluding hydrogens is 436 g/mol. The molecule has 7 nitrogen and oxygen atoms in total. The highest BCUT2D eigenvalue weighted by molar-refractivity contribution is 7.10. The van der Waals surface area contributed by atoms with Crippen LogP contribution in [0.1, 0.15) is 63.4 Å². The van der Waals surface area contributed by atoms with E-state index in [-0.39, 0.29) is 0 Å². The maximum Gasteiger partial charge on any atom is 0.408 e. The fraction of sp³-hybridized carbons (Fsp3) is 0.500. The van der Waals surface area contributed by atoms with Crippen molar-refractivity contribution in [2.75, 3.05) is 0 Å². The Bertz CT molecular complexity index is 783. The highest BCUT2D eigenvalue weighted by atomic mass is 32.1. The molecule has 31 heavy (non-hydrogen) atoms. The highest BCUT2D eigenvalue weighted by Gasteiger charge is 2.36. The number of amides is 2. The molecule has 9 heteroatoms.